The minimum atomic E-state index is -0.0895. The zero-order chi connectivity index (χ0) is 12.5. The topological polar surface area (TPSA) is 38.9 Å². The lowest BCUT2D eigenvalue weighted by molar-refractivity contribution is 0.865. The second kappa shape index (κ2) is 4.52. The van der Waals surface area contributed by atoms with Gasteiger partial charge in [-0.15, -0.1) is 11.3 Å². The molecular formula is C15H14N2S. The summed E-state index contributed by atoms with van der Waals surface area (Å²) in [5, 5.41) is 3.22. The molecule has 1 atom stereocenters. The smallest absolute Gasteiger partial charge is 0.0702 e. The van der Waals surface area contributed by atoms with Crippen LogP contribution < -0.4 is 5.73 Å². The van der Waals surface area contributed by atoms with Crippen molar-refractivity contribution < 1.29 is 0 Å². The van der Waals surface area contributed by atoms with Crippen LogP contribution in [0, 0.1) is 6.92 Å². The van der Waals surface area contributed by atoms with Gasteiger partial charge in [-0.25, -0.2) is 0 Å². The number of fused-ring (bicyclic) bond motifs is 1. The van der Waals surface area contributed by atoms with E-state index in [4.69, 9.17) is 5.73 Å². The summed E-state index contributed by atoms with van der Waals surface area (Å²) in [5.74, 6) is 0. The normalized spacial score (nSPS) is 12.8. The Balaban J connectivity index is 2.07. The van der Waals surface area contributed by atoms with Gasteiger partial charge >= 0.3 is 0 Å². The molecular weight excluding hydrogens is 240 g/mol. The van der Waals surface area contributed by atoms with E-state index in [1.54, 1.807) is 11.3 Å². The molecule has 3 heteroatoms. The predicted octanol–water partition coefficient (Wildman–Crippen LogP) is 3.65. The molecule has 0 aliphatic rings. The summed E-state index contributed by atoms with van der Waals surface area (Å²) >= 11 is 1.73. The van der Waals surface area contributed by atoms with Crippen molar-refractivity contribution in [2.75, 3.05) is 0 Å². The second-order valence-electron chi connectivity index (χ2n) is 4.37. The van der Waals surface area contributed by atoms with E-state index in [1.807, 2.05) is 24.4 Å². The summed E-state index contributed by atoms with van der Waals surface area (Å²) in [5.41, 5.74) is 9.59. The third kappa shape index (κ3) is 1.92. The molecule has 0 saturated heterocycles. The third-order valence-electron chi connectivity index (χ3n) is 3.20. The summed E-state index contributed by atoms with van der Waals surface area (Å²) in [6, 6.07) is 12.2. The van der Waals surface area contributed by atoms with E-state index in [2.05, 4.69) is 35.5 Å². The van der Waals surface area contributed by atoms with Crippen molar-refractivity contribution in [1.82, 2.24) is 4.98 Å². The zero-order valence-electron chi connectivity index (χ0n) is 10.1. The Labute approximate surface area is 110 Å². The van der Waals surface area contributed by atoms with Gasteiger partial charge in [0, 0.05) is 16.5 Å². The molecule has 0 aliphatic carbocycles. The Hall–Kier alpha value is -1.71. The van der Waals surface area contributed by atoms with Crippen LogP contribution in [-0.4, -0.2) is 4.98 Å². The largest absolute Gasteiger partial charge is 0.320 e. The first-order valence-corrected chi connectivity index (χ1v) is 6.78. The number of para-hydroxylation sites is 1. The fraction of sp³-hybridized carbons (Fsp3) is 0.133. The van der Waals surface area contributed by atoms with E-state index in [-0.39, 0.29) is 6.04 Å². The van der Waals surface area contributed by atoms with Crippen molar-refractivity contribution in [3.63, 3.8) is 0 Å². The SMILES string of the molecule is Cc1sccc1C(N)c1cnc2ccccc2c1. The third-order valence-corrected chi connectivity index (χ3v) is 4.07. The number of rotatable bonds is 2. The maximum atomic E-state index is 6.32. The molecule has 1 unspecified atom stereocenters. The van der Waals surface area contributed by atoms with Gasteiger partial charge < -0.3 is 5.73 Å². The van der Waals surface area contributed by atoms with Crippen molar-refractivity contribution in [2.24, 2.45) is 5.73 Å². The van der Waals surface area contributed by atoms with Gasteiger partial charge in [-0.3, -0.25) is 4.98 Å². The molecule has 18 heavy (non-hydrogen) atoms. The van der Waals surface area contributed by atoms with Crippen LogP contribution in [0.4, 0.5) is 0 Å². The van der Waals surface area contributed by atoms with Gasteiger partial charge in [0.15, 0.2) is 0 Å². The number of nitrogens with two attached hydrogens (primary N) is 1. The number of benzene rings is 1. The molecule has 2 N–H and O–H groups in total. The van der Waals surface area contributed by atoms with Crippen LogP contribution in [0.2, 0.25) is 0 Å². The molecule has 2 nitrogen and oxygen atoms in total. The summed E-state index contributed by atoms with van der Waals surface area (Å²) in [7, 11) is 0. The van der Waals surface area contributed by atoms with E-state index in [0.717, 1.165) is 16.5 Å². The maximum Gasteiger partial charge on any atom is 0.0702 e. The summed E-state index contributed by atoms with van der Waals surface area (Å²) in [4.78, 5) is 5.74. The fourth-order valence-corrected chi connectivity index (χ4v) is 2.90. The van der Waals surface area contributed by atoms with Crippen LogP contribution in [0.3, 0.4) is 0 Å². The second-order valence-corrected chi connectivity index (χ2v) is 5.49. The van der Waals surface area contributed by atoms with Gasteiger partial charge in [0.1, 0.15) is 0 Å². The average Bonchev–Trinajstić information content (AvgIpc) is 2.83. The summed E-state index contributed by atoms with van der Waals surface area (Å²) < 4.78 is 0. The summed E-state index contributed by atoms with van der Waals surface area (Å²) in [6.45, 7) is 2.11. The predicted molar refractivity (Wildman–Crippen MR) is 76.8 cm³/mol. The zero-order valence-corrected chi connectivity index (χ0v) is 10.9. The molecule has 3 aromatic rings. The van der Waals surface area contributed by atoms with Crippen molar-refractivity contribution in [3.05, 3.63) is 64.0 Å². The molecule has 1 aromatic carbocycles. The molecule has 90 valence electrons. The number of hydrogen-bond donors (Lipinski definition) is 1. The Morgan fingerprint density at radius 1 is 1.22 bits per heavy atom. The minimum Gasteiger partial charge on any atom is -0.320 e. The van der Waals surface area contributed by atoms with Crippen LogP contribution in [0.5, 0.6) is 0 Å². The Morgan fingerprint density at radius 2 is 2.06 bits per heavy atom. The number of pyridine rings is 1. The van der Waals surface area contributed by atoms with Gasteiger partial charge in [-0.05, 0) is 41.6 Å². The monoisotopic (exact) mass is 254 g/mol. The van der Waals surface area contributed by atoms with E-state index in [0.29, 0.717) is 0 Å². The molecule has 3 rings (SSSR count). The number of hydrogen-bond acceptors (Lipinski definition) is 3. The molecule has 0 amide bonds. The number of nitrogens with zero attached hydrogens (tertiary/aromatic N) is 1. The number of aromatic nitrogens is 1. The number of thiophene rings is 1. The molecule has 0 spiro atoms. The molecule has 0 aliphatic heterocycles. The molecule has 0 saturated carbocycles. The minimum absolute atomic E-state index is 0.0895. The lowest BCUT2D eigenvalue weighted by atomic mass is 10.0. The maximum absolute atomic E-state index is 6.32. The van der Waals surface area contributed by atoms with Gasteiger partial charge in [-0.2, -0.15) is 0 Å². The first-order chi connectivity index (χ1) is 8.75. The molecule has 2 aromatic heterocycles. The van der Waals surface area contributed by atoms with E-state index < -0.39 is 0 Å². The quantitative estimate of drug-likeness (QED) is 0.758. The van der Waals surface area contributed by atoms with Gasteiger partial charge in [0.2, 0.25) is 0 Å². The van der Waals surface area contributed by atoms with E-state index >= 15 is 0 Å². The molecule has 2 heterocycles. The van der Waals surface area contributed by atoms with E-state index in [9.17, 15) is 0 Å². The summed E-state index contributed by atoms with van der Waals surface area (Å²) in [6.07, 6.45) is 1.88. The first-order valence-electron chi connectivity index (χ1n) is 5.90. The number of aryl methyl sites for hydroxylation is 1. The first kappa shape index (κ1) is 11.4. The van der Waals surface area contributed by atoms with E-state index in [1.165, 1.54) is 10.4 Å². The van der Waals surface area contributed by atoms with Gasteiger partial charge in [-0.1, -0.05) is 18.2 Å². The average molecular weight is 254 g/mol. The lowest BCUT2D eigenvalue weighted by Gasteiger charge is -2.12. The van der Waals surface area contributed by atoms with Crippen molar-refractivity contribution >= 4 is 22.2 Å². The highest BCUT2D eigenvalue weighted by Gasteiger charge is 2.13. The Morgan fingerprint density at radius 3 is 2.83 bits per heavy atom. The van der Waals surface area contributed by atoms with Crippen LogP contribution in [0.15, 0.2) is 48.0 Å². The fourth-order valence-electron chi connectivity index (χ4n) is 2.16. The van der Waals surface area contributed by atoms with Crippen molar-refractivity contribution in [1.29, 1.82) is 0 Å². The van der Waals surface area contributed by atoms with Crippen LogP contribution >= 0.6 is 11.3 Å². The highest BCUT2D eigenvalue weighted by Crippen LogP contribution is 2.27. The molecule has 0 bridgehead atoms. The Bertz CT molecular complexity index is 688. The molecule has 0 fully saturated rings. The highest BCUT2D eigenvalue weighted by molar-refractivity contribution is 7.10. The highest BCUT2D eigenvalue weighted by atomic mass is 32.1. The van der Waals surface area contributed by atoms with Gasteiger partial charge in [0.05, 0.1) is 11.6 Å². The lowest BCUT2D eigenvalue weighted by Crippen LogP contribution is -2.12. The van der Waals surface area contributed by atoms with Crippen LogP contribution in [0.1, 0.15) is 22.0 Å². The van der Waals surface area contributed by atoms with Crippen molar-refractivity contribution in [2.45, 2.75) is 13.0 Å². The van der Waals surface area contributed by atoms with Crippen LogP contribution in [0.25, 0.3) is 10.9 Å². The molecule has 0 radical (unpaired) electrons. The Kier molecular flexibility index (Phi) is 2.86. The van der Waals surface area contributed by atoms with Crippen molar-refractivity contribution in [3.8, 4) is 0 Å². The van der Waals surface area contributed by atoms with Gasteiger partial charge in [0.25, 0.3) is 0 Å². The standard InChI is InChI=1S/C15H14N2S/c1-10-13(6-7-18-10)15(16)12-8-11-4-2-3-5-14(11)17-9-12/h2-9,15H,16H2,1H3. The van der Waals surface area contributed by atoms with Crippen LogP contribution in [-0.2, 0) is 0 Å².